The summed E-state index contributed by atoms with van der Waals surface area (Å²) < 4.78 is 1.40. The number of aromatic nitrogens is 4. The van der Waals surface area contributed by atoms with Crippen molar-refractivity contribution in [2.45, 2.75) is 31.8 Å². The number of hydrogen-bond donors (Lipinski definition) is 5. The fourth-order valence-corrected chi connectivity index (χ4v) is 3.26. The van der Waals surface area contributed by atoms with E-state index in [9.17, 15) is 24.9 Å². The van der Waals surface area contributed by atoms with Crippen LogP contribution in [0.4, 0.5) is 5.69 Å². The number of H-pyrrole nitrogens is 1. The average Bonchev–Trinajstić information content (AvgIpc) is 2.66. The Morgan fingerprint density at radius 3 is 2.45 bits per heavy atom. The lowest BCUT2D eigenvalue weighted by Gasteiger charge is -2.25. The highest BCUT2D eigenvalue weighted by atomic mass is 16.4. The smallest absolute Gasteiger partial charge is 0.349 e. The number of fused-ring (bicyclic) bond motifs is 2. The largest absolute Gasteiger partial charge is 0.394 e. The fraction of sp³-hybridized carbons (Fsp3) is 0.444. The van der Waals surface area contributed by atoms with Gasteiger partial charge in [-0.3, -0.25) is 9.78 Å². The number of nitrogens with one attached hydrogen (secondary N) is 1. The number of nitrogens with zero attached hydrogens (tertiary/aromatic N) is 4. The van der Waals surface area contributed by atoms with Crippen molar-refractivity contribution >= 4 is 16.7 Å². The number of aliphatic hydroxyl groups excluding tert-OH is 4. The number of aryl methyl sites for hydroxylation is 1. The van der Waals surface area contributed by atoms with Crippen LogP contribution in [0.3, 0.4) is 0 Å². The first-order valence-electron chi connectivity index (χ1n) is 8.91. The van der Waals surface area contributed by atoms with Gasteiger partial charge >= 0.3 is 5.69 Å². The predicted octanol–water partition coefficient (Wildman–Crippen LogP) is -1.97. The number of anilines is 1. The van der Waals surface area contributed by atoms with Gasteiger partial charge in [0.15, 0.2) is 11.5 Å². The topological polar surface area (TPSA) is 165 Å². The van der Waals surface area contributed by atoms with Crippen molar-refractivity contribution in [3.63, 3.8) is 0 Å². The van der Waals surface area contributed by atoms with Gasteiger partial charge in [-0.25, -0.2) is 9.78 Å². The highest BCUT2D eigenvalue weighted by Gasteiger charge is 2.27. The molecule has 0 amide bonds. The Morgan fingerprint density at radius 2 is 1.83 bits per heavy atom. The second-order valence-corrected chi connectivity index (χ2v) is 7.10. The molecule has 0 fully saturated rings. The van der Waals surface area contributed by atoms with Crippen LogP contribution >= 0.6 is 0 Å². The summed E-state index contributed by atoms with van der Waals surface area (Å²) in [5, 5.41) is 39.1. The van der Waals surface area contributed by atoms with Crippen LogP contribution in [0.25, 0.3) is 22.6 Å². The summed E-state index contributed by atoms with van der Waals surface area (Å²) in [6.45, 7) is 0.831. The molecule has 0 unspecified atom stereocenters. The van der Waals surface area contributed by atoms with Gasteiger partial charge in [-0.2, -0.15) is 4.98 Å². The van der Waals surface area contributed by atoms with Crippen LogP contribution in [0.15, 0.2) is 21.7 Å². The van der Waals surface area contributed by atoms with Gasteiger partial charge in [0.05, 0.1) is 24.2 Å². The SMILES string of the molecule is Cc1cc2nc3c(=O)[nH]c(=O)nc-3n(C[C@H](O)[C@@H](O)[C@H](O)CO)c2cc1N(C)C. The Morgan fingerprint density at radius 1 is 1.14 bits per heavy atom. The molecule has 2 aliphatic heterocycles. The van der Waals surface area contributed by atoms with E-state index < -0.39 is 36.2 Å². The monoisotopic (exact) mass is 405 g/mol. The van der Waals surface area contributed by atoms with Gasteiger partial charge in [0, 0.05) is 19.8 Å². The van der Waals surface area contributed by atoms with Crippen molar-refractivity contribution in [3.8, 4) is 11.5 Å². The van der Waals surface area contributed by atoms with Crippen molar-refractivity contribution in [3.05, 3.63) is 38.5 Å². The van der Waals surface area contributed by atoms with E-state index in [2.05, 4.69) is 15.0 Å². The lowest BCUT2D eigenvalue weighted by atomic mass is 10.1. The molecule has 29 heavy (non-hydrogen) atoms. The van der Waals surface area contributed by atoms with Crippen molar-refractivity contribution in [2.24, 2.45) is 0 Å². The number of hydrogen-bond acceptors (Lipinski definition) is 9. The third kappa shape index (κ3) is 3.85. The van der Waals surface area contributed by atoms with Crippen molar-refractivity contribution in [2.75, 3.05) is 25.6 Å². The Hall–Kier alpha value is -2.86. The summed E-state index contributed by atoms with van der Waals surface area (Å²) in [4.78, 5) is 36.1. The molecule has 1 aromatic rings. The van der Waals surface area contributed by atoms with E-state index in [0.29, 0.717) is 11.0 Å². The summed E-state index contributed by atoms with van der Waals surface area (Å²) in [5.74, 6) is -0.0652. The van der Waals surface area contributed by atoms with Gasteiger partial charge in [-0.1, -0.05) is 0 Å². The van der Waals surface area contributed by atoms with E-state index in [1.165, 1.54) is 4.57 Å². The maximum absolute atomic E-state index is 12.3. The highest BCUT2D eigenvalue weighted by molar-refractivity contribution is 5.84. The first-order valence-corrected chi connectivity index (χ1v) is 8.91. The van der Waals surface area contributed by atoms with Gasteiger partial charge in [-0.05, 0) is 24.6 Å². The van der Waals surface area contributed by atoms with Crippen LogP contribution in [-0.4, -0.2) is 79.0 Å². The Labute approximate surface area is 164 Å². The third-order valence-electron chi connectivity index (χ3n) is 4.75. The van der Waals surface area contributed by atoms with E-state index in [-0.39, 0.29) is 18.1 Å². The molecule has 1 aromatic carbocycles. The zero-order valence-electron chi connectivity index (χ0n) is 16.2. The average molecular weight is 405 g/mol. The van der Waals surface area contributed by atoms with Gasteiger partial charge in [0.1, 0.15) is 18.3 Å². The lowest BCUT2D eigenvalue weighted by Crippen LogP contribution is -2.42. The molecular formula is C18H23N5O6. The second-order valence-electron chi connectivity index (χ2n) is 7.10. The quantitative estimate of drug-likeness (QED) is 0.293. The van der Waals surface area contributed by atoms with E-state index in [1.807, 2.05) is 25.9 Å². The molecule has 0 spiro atoms. The molecule has 0 saturated carbocycles. The molecule has 0 aromatic heterocycles. The summed E-state index contributed by atoms with van der Waals surface area (Å²) in [6.07, 6.45) is -4.73. The fourth-order valence-electron chi connectivity index (χ4n) is 3.26. The van der Waals surface area contributed by atoms with Crippen LogP contribution in [0, 0.1) is 6.92 Å². The molecule has 2 aliphatic rings. The molecule has 11 nitrogen and oxygen atoms in total. The van der Waals surface area contributed by atoms with Gasteiger partial charge in [0.25, 0.3) is 5.56 Å². The van der Waals surface area contributed by atoms with Crippen molar-refractivity contribution in [1.29, 1.82) is 0 Å². The zero-order chi connectivity index (χ0) is 21.5. The van der Waals surface area contributed by atoms with Crippen LogP contribution < -0.4 is 16.1 Å². The predicted molar refractivity (Wildman–Crippen MR) is 105 cm³/mol. The molecule has 0 radical (unpaired) electrons. The number of aromatic amines is 1. The van der Waals surface area contributed by atoms with Gasteiger partial charge in [0.2, 0.25) is 0 Å². The molecule has 156 valence electrons. The molecule has 11 heteroatoms. The van der Waals surface area contributed by atoms with Crippen LogP contribution in [0.5, 0.6) is 0 Å². The first kappa shape index (κ1) is 20.9. The van der Waals surface area contributed by atoms with Crippen molar-refractivity contribution < 1.29 is 20.4 Å². The summed E-state index contributed by atoms with van der Waals surface area (Å²) in [6, 6.07) is 3.53. The zero-order valence-corrected chi connectivity index (χ0v) is 16.2. The molecular weight excluding hydrogens is 382 g/mol. The minimum Gasteiger partial charge on any atom is -0.394 e. The van der Waals surface area contributed by atoms with Crippen molar-refractivity contribution in [1.82, 2.24) is 19.5 Å². The summed E-state index contributed by atoms with van der Waals surface area (Å²) >= 11 is 0. The normalized spacial score (nSPS) is 14.9. The molecule has 3 atom stereocenters. The van der Waals surface area contributed by atoms with Gasteiger partial charge < -0.3 is 29.9 Å². The maximum atomic E-state index is 12.3. The minimum atomic E-state index is -1.65. The molecule has 3 rings (SSSR count). The molecule has 0 aliphatic carbocycles. The van der Waals surface area contributed by atoms with Gasteiger partial charge in [-0.15, -0.1) is 0 Å². The Kier molecular flexibility index (Phi) is 5.66. The Bertz CT molecular complexity index is 1120. The van der Waals surface area contributed by atoms with Crippen LogP contribution in [0.1, 0.15) is 5.56 Å². The number of aliphatic hydroxyl groups is 4. The van der Waals surface area contributed by atoms with E-state index in [1.54, 1.807) is 12.1 Å². The van der Waals surface area contributed by atoms with Crippen LogP contribution in [0.2, 0.25) is 0 Å². The second kappa shape index (κ2) is 7.87. The van der Waals surface area contributed by atoms with E-state index in [4.69, 9.17) is 5.11 Å². The van der Waals surface area contributed by atoms with E-state index in [0.717, 1.165) is 11.3 Å². The third-order valence-corrected chi connectivity index (χ3v) is 4.75. The van der Waals surface area contributed by atoms with Crippen LogP contribution in [-0.2, 0) is 6.54 Å². The molecule has 0 saturated heterocycles. The first-order chi connectivity index (χ1) is 13.6. The molecule has 5 N–H and O–H groups in total. The molecule has 2 heterocycles. The highest BCUT2D eigenvalue weighted by Crippen LogP contribution is 2.28. The summed E-state index contributed by atoms with van der Waals surface area (Å²) in [7, 11) is 3.70. The lowest BCUT2D eigenvalue weighted by molar-refractivity contribution is -0.0802. The minimum absolute atomic E-state index is 0.0652. The molecule has 0 bridgehead atoms. The number of rotatable bonds is 6. The standard InChI is InChI=1S/C18H23N5O6/c1-8-4-9-11(5-10(8)22(2)3)23(6-12(25)15(27)13(26)7-24)16-14(19-9)17(28)21-18(29)20-16/h4-5,12-13,15,24-27H,6-7H2,1-3H3,(H,21,28,29)/t12-,13+,15+/m0/s1. The Balaban J connectivity index is 2.31. The number of benzene rings is 1. The van der Waals surface area contributed by atoms with E-state index >= 15 is 0 Å². The maximum Gasteiger partial charge on any atom is 0.349 e. The summed E-state index contributed by atoms with van der Waals surface area (Å²) in [5.41, 5.74) is 0.925.